The molecule has 0 N–H and O–H groups in total. The molecule has 1 rings (SSSR count). The summed E-state index contributed by atoms with van der Waals surface area (Å²) in [6.07, 6.45) is 5.79. The molecule has 66 valence electrons. The fourth-order valence-electron chi connectivity index (χ4n) is 3.06. The quantitative estimate of drug-likeness (QED) is 0.566. The second-order valence-electron chi connectivity index (χ2n) is 4.53. The average Bonchev–Trinajstić information content (AvgIpc) is 2.32. The first kappa shape index (κ1) is 9.09. The summed E-state index contributed by atoms with van der Waals surface area (Å²) in [5.74, 6) is 1.84. The van der Waals surface area contributed by atoms with Crippen LogP contribution in [0.5, 0.6) is 0 Å². The smallest absolute Gasteiger partial charge is 0.0251 e. The minimum absolute atomic E-state index is 0.694. The molecule has 2 unspecified atom stereocenters. The Morgan fingerprint density at radius 3 is 2.27 bits per heavy atom. The van der Waals surface area contributed by atoms with Crippen molar-refractivity contribution in [1.29, 1.82) is 0 Å². The summed E-state index contributed by atoms with van der Waals surface area (Å²) in [5.41, 5.74) is 0.694. The molecule has 1 saturated carbocycles. The Balaban J connectivity index is 2.73. The van der Waals surface area contributed by atoms with Crippen molar-refractivity contribution in [3.63, 3.8) is 0 Å². The summed E-state index contributed by atoms with van der Waals surface area (Å²) in [7, 11) is 0. The lowest BCUT2D eigenvalue weighted by Crippen LogP contribution is -2.28. The van der Waals surface area contributed by atoms with Crippen molar-refractivity contribution < 1.29 is 0 Å². The fraction of sp³-hybridized carbons (Fsp3) is 1.00. The highest BCUT2D eigenvalue weighted by Crippen LogP contribution is 2.50. The molecule has 0 aliphatic heterocycles. The molecule has 0 heteroatoms. The normalized spacial score (nSPS) is 38.5. The largest absolute Gasteiger partial charge is 0.0648 e. The van der Waals surface area contributed by atoms with Crippen LogP contribution in [0.15, 0.2) is 0 Å². The van der Waals surface area contributed by atoms with Crippen LogP contribution in [0.2, 0.25) is 0 Å². The lowest BCUT2D eigenvalue weighted by molar-refractivity contribution is 0.127. The van der Waals surface area contributed by atoms with E-state index in [1.807, 2.05) is 0 Å². The Kier molecular flexibility index (Phi) is 2.61. The van der Waals surface area contributed by atoms with E-state index in [-0.39, 0.29) is 0 Å². The minimum Gasteiger partial charge on any atom is -0.0648 e. The fourth-order valence-corrected chi connectivity index (χ4v) is 3.06. The maximum absolute atomic E-state index is 2.44. The van der Waals surface area contributed by atoms with Crippen LogP contribution < -0.4 is 0 Å². The Hall–Kier alpha value is 0. The van der Waals surface area contributed by atoms with E-state index in [1.54, 1.807) is 0 Å². The van der Waals surface area contributed by atoms with Gasteiger partial charge in [-0.3, -0.25) is 0 Å². The van der Waals surface area contributed by atoms with E-state index in [0.717, 1.165) is 11.8 Å². The molecule has 0 amide bonds. The molecule has 1 fully saturated rings. The van der Waals surface area contributed by atoms with Gasteiger partial charge in [-0.25, -0.2) is 0 Å². The molecular formula is C11H22. The molecule has 0 radical (unpaired) electrons. The van der Waals surface area contributed by atoms with Crippen LogP contribution in [0.25, 0.3) is 0 Å². The Morgan fingerprint density at radius 2 is 2.09 bits per heavy atom. The SMILES string of the molecule is CCC1(C(C)C)CCCC1C. The summed E-state index contributed by atoms with van der Waals surface area (Å²) in [6, 6.07) is 0. The van der Waals surface area contributed by atoms with Gasteiger partial charge >= 0.3 is 0 Å². The molecule has 0 heterocycles. The summed E-state index contributed by atoms with van der Waals surface area (Å²) in [5, 5.41) is 0. The maximum Gasteiger partial charge on any atom is -0.0251 e. The monoisotopic (exact) mass is 154 g/mol. The van der Waals surface area contributed by atoms with E-state index in [0.29, 0.717) is 5.41 Å². The van der Waals surface area contributed by atoms with Crippen molar-refractivity contribution in [3.8, 4) is 0 Å². The predicted octanol–water partition coefficient (Wildman–Crippen LogP) is 3.86. The van der Waals surface area contributed by atoms with Gasteiger partial charge in [-0.15, -0.1) is 0 Å². The van der Waals surface area contributed by atoms with Crippen molar-refractivity contribution in [2.24, 2.45) is 17.3 Å². The molecular weight excluding hydrogens is 132 g/mol. The van der Waals surface area contributed by atoms with Gasteiger partial charge in [0.2, 0.25) is 0 Å². The Morgan fingerprint density at radius 1 is 1.45 bits per heavy atom. The summed E-state index contributed by atoms with van der Waals surface area (Å²) in [4.78, 5) is 0. The molecule has 1 aliphatic rings. The van der Waals surface area contributed by atoms with Gasteiger partial charge in [-0.05, 0) is 30.1 Å². The van der Waals surface area contributed by atoms with E-state index in [4.69, 9.17) is 0 Å². The van der Waals surface area contributed by atoms with Crippen LogP contribution >= 0.6 is 0 Å². The van der Waals surface area contributed by atoms with Crippen LogP contribution in [0.4, 0.5) is 0 Å². The molecule has 0 bridgehead atoms. The second kappa shape index (κ2) is 3.16. The lowest BCUT2D eigenvalue weighted by Gasteiger charge is -2.37. The number of rotatable bonds is 2. The van der Waals surface area contributed by atoms with Crippen molar-refractivity contribution in [3.05, 3.63) is 0 Å². The second-order valence-corrected chi connectivity index (χ2v) is 4.53. The standard InChI is InChI=1S/C11H22/c1-5-11(9(2)3)8-6-7-10(11)4/h9-10H,5-8H2,1-4H3. The highest BCUT2D eigenvalue weighted by Gasteiger charge is 2.40. The van der Waals surface area contributed by atoms with E-state index in [9.17, 15) is 0 Å². The van der Waals surface area contributed by atoms with Crippen LogP contribution in [-0.4, -0.2) is 0 Å². The van der Waals surface area contributed by atoms with Crippen molar-refractivity contribution in [1.82, 2.24) is 0 Å². The van der Waals surface area contributed by atoms with Crippen molar-refractivity contribution in [2.75, 3.05) is 0 Å². The van der Waals surface area contributed by atoms with Gasteiger partial charge in [0, 0.05) is 0 Å². The van der Waals surface area contributed by atoms with E-state index in [2.05, 4.69) is 27.7 Å². The third-order valence-corrected chi connectivity index (χ3v) is 4.07. The van der Waals surface area contributed by atoms with Crippen LogP contribution in [0, 0.1) is 17.3 Å². The number of hydrogen-bond acceptors (Lipinski definition) is 0. The van der Waals surface area contributed by atoms with E-state index < -0.39 is 0 Å². The van der Waals surface area contributed by atoms with Crippen molar-refractivity contribution in [2.45, 2.75) is 53.4 Å². The minimum atomic E-state index is 0.694. The lowest BCUT2D eigenvalue weighted by atomic mass is 9.68. The molecule has 1 aliphatic carbocycles. The van der Waals surface area contributed by atoms with Gasteiger partial charge in [0.25, 0.3) is 0 Å². The maximum atomic E-state index is 2.44. The molecule has 0 nitrogen and oxygen atoms in total. The van der Waals surface area contributed by atoms with Crippen LogP contribution in [0.1, 0.15) is 53.4 Å². The topological polar surface area (TPSA) is 0 Å². The van der Waals surface area contributed by atoms with Gasteiger partial charge in [-0.1, -0.05) is 40.5 Å². The van der Waals surface area contributed by atoms with Crippen molar-refractivity contribution >= 4 is 0 Å². The third kappa shape index (κ3) is 1.32. The number of hydrogen-bond donors (Lipinski definition) is 0. The first-order chi connectivity index (χ1) is 5.13. The molecule has 0 aromatic carbocycles. The highest BCUT2D eigenvalue weighted by molar-refractivity contribution is 4.90. The van der Waals surface area contributed by atoms with E-state index in [1.165, 1.54) is 25.7 Å². The van der Waals surface area contributed by atoms with Gasteiger partial charge in [0.05, 0.1) is 0 Å². The predicted molar refractivity (Wildman–Crippen MR) is 50.6 cm³/mol. The molecule has 0 spiro atoms. The van der Waals surface area contributed by atoms with Gasteiger partial charge < -0.3 is 0 Å². The van der Waals surface area contributed by atoms with Gasteiger partial charge in [0.1, 0.15) is 0 Å². The molecule has 0 saturated heterocycles. The van der Waals surface area contributed by atoms with E-state index >= 15 is 0 Å². The first-order valence-corrected chi connectivity index (χ1v) is 5.13. The molecule has 11 heavy (non-hydrogen) atoms. The zero-order valence-corrected chi connectivity index (χ0v) is 8.48. The van der Waals surface area contributed by atoms with Gasteiger partial charge in [-0.2, -0.15) is 0 Å². The summed E-state index contributed by atoms with van der Waals surface area (Å²) in [6.45, 7) is 9.59. The average molecular weight is 154 g/mol. The van der Waals surface area contributed by atoms with Crippen LogP contribution in [0.3, 0.4) is 0 Å². The summed E-state index contributed by atoms with van der Waals surface area (Å²) >= 11 is 0. The molecule has 0 aromatic rings. The van der Waals surface area contributed by atoms with Gasteiger partial charge in [0.15, 0.2) is 0 Å². The highest BCUT2D eigenvalue weighted by atomic mass is 14.5. The first-order valence-electron chi connectivity index (χ1n) is 5.13. The zero-order valence-electron chi connectivity index (χ0n) is 8.48. The third-order valence-electron chi connectivity index (χ3n) is 4.07. The Labute approximate surface area is 71.4 Å². The molecule has 0 aromatic heterocycles. The van der Waals surface area contributed by atoms with Crippen LogP contribution in [-0.2, 0) is 0 Å². The summed E-state index contributed by atoms with van der Waals surface area (Å²) < 4.78 is 0. The Bertz CT molecular complexity index is 126. The molecule has 2 atom stereocenters. The zero-order chi connectivity index (χ0) is 8.48.